The first-order chi connectivity index (χ1) is 8.24. The Morgan fingerprint density at radius 3 is 2.65 bits per heavy atom. The van der Waals surface area contributed by atoms with Crippen molar-refractivity contribution in [2.24, 2.45) is 0 Å². The van der Waals surface area contributed by atoms with Crippen LogP contribution in [0.25, 0.3) is 10.2 Å². The molecule has 0 N–H and O–H groups in total. The van der Waals surface area contributed by atoms with Crippen LogP contribution in [-0.4, -0.2) is 18.2 Å². The van der Waals surface area contributed by atoms with E-state index in [1.54, 1.807) is 6.07 Å². The quantitative estimate of drug-likeness (QED) is 0.766. The van der Waals surface area contributed by atoms with Crippen LogP contribution in [0.3, 0.4) is 0 Å². The van der Waals surface area contributed by atoms with Crippen LogP contribution in [0.2, 0.25) is 0 Å². The molecule has 0 unspecified atom stereocenters. The third-order valence-corrected chi connectivity index (χ3v) is 3.26. The zero-order chi connectivity index (χ0) is 12.3. The van der Waals surface area contributed by atoms with Crippen LogP contribution in [0.4, 0.5) is 4.39 Å². The fourth-order valence-electron chi connectivity index (χ4n) is 1.51. The number of fused-ring (bicyclic) bond motifs is 1. The summed E-state index contributed by atoms with van der Waals surface area (Å²) < 4.78 is 24.9. The zero-order valence-electron chi connectivity index (χ0n) is 9.77. The predicted octanol–water partition coefficient (Wildman–Crippen LogP) is 3.51. The van der Waals surface area contributed by atoms with Gasteiger partial charge >= 0.3 is 0 Å². The molecule has 0 aliphatic rings. The third-order valence-electron chi connectivity index (χ3n) is 2.20. The number of aromatic nitrogens is 1. The predicted molar refractivity (Wildman–Crippen MR) is 65.6 cm³/mol. The summed E-state index contributed by atoms with van der Waals surface area (Å²) >= 11 is 1.47. The molecule has 0 spiro atoms. The van der Waals surface area contributed by atoms with Crippen LogP contribution in [0, 0.1) is 5.82 Å². The van der Waals surface area contributed by atoms with Gasteiger partial charge in [0.15, 0.2) is 5.01 Å². The minimum Gasteiger partial charge on any atom is -0.347 e. The Hall–Kier alpha value is -1.04. The Morgan fingerprint density at radius 2 is 2.00 bits per heavy atom. The second-order valence-corrected chi connectivity index (χ2v) is 4.47. The lowest BCUT2D eigenvalue weighted by atomic mass is 10.3. The van der Waals surface area contributed by atoms with Gasteiger partial charge in [0.1, 0.15) is 5.82 Å². The number of hydrogen-bond acceptors (Lipinski definition) is 4. The van der Waals surface area contributed by atoms with Crippen molar-refractivity contribution in [3.8, 4) is 0 Å². The number of benzene rings is 1. The molecule has 0 radical (unpaired) electrons. The second-order valence-electron chi connectivity index (χ2n) is 3.41. The van der Waals surface area contributed by atoms with Crippen molar-refractivity contribution in [3.05, 3.63) is 29.0 Å². The number of hydrogen-bond donors (Lipinski definition) is 0. The molecule has 0 saturated carbocycles. The van der Waals surface area contributed by atoms with Crippen molar-refractivity contribution in [3.63, 3.8) is 0 Å². The Kier molecular flexibility index (Phi) is 4.04. The van der Waals surface area contributed by atoms with Gasteiger partial charge in [0.2, 0.25) is 6.29 Å². The molecule has 0 atom stereocenters. The number of rotatable bonds is 5. The van der Waals surface area contributed by atoms with Gasteiger partial charge in [-0.3, -0.25) is 0 Å². The molecule has 0 fully saturated rings. The van der Waals surface area contributed by atoms with E-state index >= 15 is 0 Å². The molecule has 3 nitrogen and oxygen atoms in total. The van der Waals surface area contributed by atoms with Crippen molar-refractivity contribution in [2.75, 3.05) is 13.2 Å². The van der Waals surface area contributed by atoms with E-state index in [-0.39, 0.29) is 5.82 Å². The molecule has 17 heavy (non-hydrogen) atoms. The molecule has 2 rings (SSSR count). The highest BCUT2D eigenvalue weighted by atomic mass is 32.1. The van der Waals surface area contributed by atoms with Crippen LogP contribution in [0.15, 0.2) is 18.2 Å². The van der Waals surface area contributed by atoms with Gasteiger partial charge in [-0.25, -0.2) is 9.37 Å². The second kappa shape index (κ2) is 5.53. The van der Waals surface area contributed by atoms with Gasteiger partial charge in [0.05, 0.1) is 10.2 Å². The molecule has 0 amide bonds. The van der Waals surface area contributed by atoms with Crippen molar-refractivity contribution in [1.82, 2.24) is 4.98 Å². The van der Waals surface area contributed by atoms with Crippen LogP contribution in [0.5, 0.6) is 0 Å². The molecule has 1 aromatic carbocycles. The molecule has 2 aromatic rings. The molecule has 0 aliphatic carbocycles. The van der Waals surface area contributed by atoms with Crippen LogP contribution < -0.4 is 0 Å². The molecule has 1 heterocycles. The molecule has 5 heteroatoms. The smallest absolute Gasteiger partial charge is 0.210 e. The summed E-state index contributed by atoms with van der Waals surface area (Å²) in [6.07, 6.45) is -0.453. The summed E-state index contributed by atoms with van der Waals surface area (Å²) in [6, 6.07) is 4.58. The monoisotopic (exact) mass is 255 g/mol. The summed E-state index contributed by atoms with van der Waals surface area (Å²) in [5.41, 5.74) is 0.648. The summed E-state index contributed by atoms with van der Waals surface area (Å²) in [6.45, 7) is 4.90. The Labute approximate surface area is 103 Å². The molecule has 0 saturated heterocycles. The van der Waals surface area contributed by atoms with Gasteiger partial charge in [-0.05, 0) is 26.0 Å². The molecule has 0 aliphatic heterocycles. The average molecular weight is 255 g/mol. The van der Waals surface area contributed by atoms with Crippen LogP contribution >= 0.6 is 11.3 Å². The summed E-state index contributed by atoms with van der Waals surface area (Å²) in [5.74, 6) is -0.279. The lowest BCUT2D eigenvalue weighted by Crippen LogP contribution is -2.08. The summed E-state index contributed by atoms with van der Waals surface area (Å²) in [5, 5.41) is 0.731. The van der Waals surface area contributed by atoms with E-state index in [0.29, 0.717) is 18.7 Å². The third kappa shape index (κ3) is 2.80. The van der Waals surface area contributed by atoms with Crippen molar-refractivity contribution in [1.29, 1.82) is 0 Å². The van der Waals surface area contributed by atoms with Gasteiger partial charge in [-0.2, -0.15) is 0 Å². The van der Waals surface area contributed by atoms with Crippen LogP contribution in [0.1, 0.15) is 25.1 Å². The molecule has 1 aromatic heterocycles. The first-order valence-corrected chi connectivity index (χ1v) is 6.35. The standard InChI is InChI=1S/C12H14FNO2S/c1-3-15-12(16-4-2)11-14-9-7-8(13)5-6-10(9)17-11/h5-7,12H,3-4H2,1-2H3. The van der Waals surface area contributed by atoms with Gasteiger partial charge in [-0.1, -0.05) is 0 Å². The summed E-state index contributed by atoms with van der Waals surface area (Å²) in [4.78, 5) is 4.34. The summed E-state index contributed by atoms with van der Waals surface area (Å²) in [7, 11) is 0. The van der Waals surface area contributed by atoms with Crippen molar-refractivity contribution >= 4 is 21.6 Å². The van der Waals surface area contributed by atoms with Crippen molar-refractivity contribution < 1.29 is 13.9 Å². The number of ether oxygens (including phenoxy) is 2. The maximum atomic E-state index is 13.0. The fraction of sp³-hybridized carbons (Fsp3) is 0.417. The van der Waals surface area contributed by atoms with Crippen LogP contribution in [-0.2, 0) is 9.47 Å². The fourth-order valence-corrected chi connectivity index (χ4v) is 2.46. The molecule has 0 bridgehead atoms. The molecular weight excluding hydrogens is 241 g/mol. The highest BCUT2D eigenvalue weighted by Crippen LogP contribution is 2.29. The van der Waals surface area contributed by atoms with Gasteiger partial charge in [0, 0.05) is 19.3 Å². The van der Waals surface area contributed by atoms with Gasteiger partial charge < -0.3 is 9.47 Å². The van der Waals surface area contributed by atoms with E-state index in [9.17, 15) is 4.39 Å². The molecule has 92 valence electrons. The average Bonchev–Trinajstić information content (AvgIpc) is 2.71. The Balaban J connectivity index is 2.33. The maximum Gasteiger partial charge on any atom is 0.210 e. The van der Waals surface area contributed by atoms with E-state index in [2.05, 4.69) is 4.98 Å². The van der Waals surface area contributed by atoms with E-state index in [1.165, 1.54) is 23.5 Å². The lowest BCUT2D eigenvalue weighted by molar-refractivity contribution is -0.140. The van der Waals surface area contributed by atoms with Gasteiger partial charge in [0.25, 0.3) is 0 Å². The van der Waals surface area contributed by atoms with E-state index < -0.39 is 6.29 Å². The maximum absolute atomic E-state index is 13.0. The topological polar surface area (TPSA) is 31.4 Å². The van der Waals surface area contributed by atoms with E-state index in [0.717, 1.165) is 9.71 Å². The first kappa shape index (κ1) is 12.4. The van der Waals surface area contributed by atoms with E-state index in [4.69, 9.17) is 9.47 Å². The SMILES string of the molecule is CCOC(OCC)c1nc2cc(F)ccc2s1. The largest absolute Gasteiger partial charge is 0.347 e. The van der Waals surface area contributed by atoms with Gasteiger partial charge in [-0.15, -0.1) is 11.3 Å². The highest BCUT2D eigenvalue weighted by molar-refractivity contribution is 7.18. The number of thiazole rings is 1. The van der Waals surface area contributed by atoms with E-state index in [1.807, 2.05) is 13.8 Å². The normalized spacial score (nSPS) is 11.5. The van der Waals surface area contributed by atoms with Crippen molar-refractivity contribution in [2.45, 2.75) is 20.1 Å². The Morgan fingerprint density at radius 1 is 1.29 bits per heavy atom. The minimum absolute atomic E-state index is 0.279. The minimum atomic E-state index is -0.453. The molecular formula is C12H14FNO2S. The number of nitrogens with zero attached hydrogens (tertiary/aromatic N) is 1. The lowest BCUT2D eigenvalue weighted by Gasteiger charge is -2.13. The highest BCUT2D eigenvalue weighted by Gasteiger charge is 2.16. The first-order valence-electron chi connectivity index (χ1n) is 5.53. The Bertz CT molecular complexity index is 494. The zero-order valence-corrected chi connectivity index (χ0v) is 10.6. The number of halogens is 1.